The molecule has 76 valence electrons. The van der Waals surface area contributed by atoms with E-state index in [0.717, 1.165) is 12.8 Å². The second-order valence-corrected chi connectivity index (χ2v) is 3.92. The van der Waals surface area contributed by atoms with Crippen molar-refractivity contribution in [3.05, 3.63) is 28.5 Å². The third-order valence-corrected chi connectivity index (χ3v) is 2.89. The normalized spacial score (nSPS) is 16.8. The largest absolute Gasteiger partial charge is 0.478 e. The first-order valence-electron chi connectivity index (χ1n) is 4.40. The van der Waals surface area contributed by atoms with Crippen LogP contribution in [-0.4, -0.2) is 16.1 Å². The summed E-state index contributed by atoms with van der Waals surface area (Å²) in [6, 6.07) is 3.62. The number of nitrogens with zero attached hydrogens (tertiary/aromatic N) is 2. The van der Waals surface area contributed by atoms with E-state index in [0.29, 0.717) is 5.56 Å². The van der Waals surface area contributed by atoms with Crippen molar-refractivity contribution in [2.45, 2.75) is 18.3 Å². The number of aromatic carboxylic acids is 1. The molecule has 0 bridgehead atoms. The van der Waals surface area contributed by atoms with Gasteiger partial charge in [0.2, 0.25) is 0 Å². The monoisotopic (exact) mass is 222 g/mol. The number of carbonyl (C=O) groups is 1. The van der Waals surface area contributed by atoms with Crippen molar-refractivity contribution in [2.24, 2.45) is 0 Å². The number of hydrogen-bond acceptors (Lipinski definition) is 3. The van der Waals surface area contributed by atoms with Gasteiger partial charge in [-0.2, -0.15) is 5.26 Å². The molecule has 1 heterocycles. The summed E-state index contributed by atoms with van der Waals surface area (Å²) in [7, 11) is 0. The van der Waals surface area contributed by atoms with Crippen molar-refractivity contribution in [3.8, 4) is 6.07 Å². The summed E-state index contributed by atoms with van der Waals surface area (Å²) in [6.45, 7) is 0. The Balaban J connectivity index is 2.49. The molecule has 0 atom stereocenters. The van der Waals surface area contributed by atoms with Gasteiger partial charge in [0.1, 0.15) is 5.15 Å². The van der Waals surface area contributed by atoms with E-state index in [4.69, 9.17) is 22.0 Å². The van der Waals surface area contributed by atoms with Crippen molar-refractivity contribution in [1.29, 1.82) is 5.26 Å². The molecule has 1 aromatic rings. The third-order valence-electron chi connectivity index (χ3n) is 2.59. The molecular weight excluding hydrogens is 216 g/mol. The number of pyridine rings is 1. The Kier molecular flexibility index (Phi) is 2.13. The molecule has 0 saturated heterocycles. The highest BCUT2D eigenvalue weighted by Gasteiger charge is 2.45. The SMILES string of the molecule is N#CC1(c2cnc(Cl)c(C(=O)O)c2)CC1. The molecular formula is C10H7ClN2O2. The average Bonchev–Trinajstić information content (AvgIpc) is 2.99. The fraction of sp³-hybridized carbons (Fsp3) is 0.300. The maximum atomic E-state index is 10.8. The molecule has 4 nitrogen and oxygen atoms in total. The average molecular weight is 223 g/mol. The molecule has 1 saturated carbocycles. The van der Waals surface area contributed by atoms with Crippen LogP contribution in [-0.2, 0) is 5.41 Å². The van der Waals surface area contributed by atoms with Gasteiger partial charge in [-0.15, -0.1) is 0 Å². The van der Waals surface area contributed by atoms with Crippen LogP contribution in [0.1, 0.15) is 28.8 Å². The Bertz CT molecular complexity index is 475. The zero-order valence-electron chi connectivity index (χ0n) is 7.70. The number of rotatable bonds is 2. The summed E-state index contributed by atoms with van der Waals surface area (Å²) in [4.78, 5) is 14.6. The molecule has 0 amide bonds. The Morgan fingerprint density at radius 3 is 2.80 bits per heavy atom. The minimum Gasteiger partial charge on any atom is -0.478 e. The lowest BCUT2D eigenvalue weighted by Crippen LogP contribution is -2.07. The zero-order valence-corrected chi connectivity index (χ0v) is 8.45. The summed E-state index contributed by atoms with van der Waals surface area (Å²) in [5.41, 5.74) is 0.0735. The summed E-state index contributed by atoms with van der Waals surface area (Å²) in [6.07, 6.45) is 2.99. The molecule has 5 heteroatoms. The first-order chi connectivity index (χ1) is 7.09. The first kappa shape index (κ1) is 9.94. The fourth-order valence-electron chi connectivity index (χ4n) is 1.45. The van der Waals surface area contributed by atoms with Crippen LogP contribution in [0, 0.1) is 11.3 Å². The second-order valence-electron chi connectivity index (χ2n) is 3.56. The van der Waals surface area contributed by atoms with Gasteiger partial charge in [-0.1, -0.05) is 11.6 Å². The molecule has 1 aliphatic rings. The van der Waals surface area contributed by atoms with Gasteiger partial charge >= 0.3 is 5.97 Å². The van der Waals surface area contributed by atoms with E-state index >= 15 is 0 Å². The highest BCUT2D eigenvalue weighted by atomic mass is 35.5. The highest BCUT2D eigenvalue weighted by molar-refractivity contribution is 6.32. The lowest BCUT2D eigenvalue weighted by atomic mass is 9.98. The molecule has 15 heavy (non-hydrogen) atoms. The van der Waals surface area contributed by atoms with Crippen LogP contribution >= 0.6 is 11.6 Å². The Hall–Kier alpha value is -1.60. The highest BCUT2D eigenvalue weighted by Crippen LogP contribution is 2.47. The Morgan fingerprint density at radius 2 is 2.33 bits per heavy atom. The minimum atomic E-state index is -1.12. The summed E-state index contributed by atoms with van der Waals surface area (Å²) in [5.74, 6) is -1.12. The Labute approximate surface area is 91.1 Å². The van der Waals surface area contributed by atoms with Crippen LogP contribution in [0.25, 0.3) is 0 Å². The summed E-state index contributed by atoms with van der Waals surface area (Å²) < 4.78 is 0. The van der Waals surface area contributed by atoms with Gasteiger partial charge in [0.05, 0.1) is 17.0 Å². The van der Waals surface area contributed by atoms with Crippen molar-refractivity contribution < 1.29 is 9.90 Å². The van der Waals surface area contributed by atoms with Crippen LogP contribution in [0.2, 0.25) is 5.15 Å². The van der Waals surface area contributed by atoms with Crippen LogP contribution in [0.15, 0.2) is 12.3 Å². The molecule has 1 N–H and O–H groups in total. The molecule has 2 rings (SSSR count). The smallest absolute Gasteiger partial charge is 0.338 e. The second kappa shape index (κ2) is 3.21. The molecule has 0 spiro atoms. The molecule has 0 radical (unpaired) electrons. The standard InChI is InChI=1S/C10H7ClN2O2/c11-8-7(9(14)15)3-6(4-13-8)10(5-12)1-2-10/h3-4H,1-2H2,(H,14,15). The fourth-order valence-corrected chi connectivity index (χ4v) is 1.63. The number of carboxylic acid groups (broad SMARTS) is 1. The van der Waals surface area contributed by atoms with Crippen LogP contribution in [0.3, 0.4) is 0 Å². The molecule has 1 aromatic heterocycles. The van der Waals surface area contributed by atoms with Crippen LogP contribution in [0.4, 0.5) is 0 Å². The molecule has 0 unspecified atom stereocenters. The summed E-state index contributed by atoms with van der Waals surface area (Å²) in [5, 5.41) is 17.8. The number of hydrogen-bond donors (Lipinski definition) is 1. The lowest BCUT2D eigenvalue weighted by Gasteiger charge is -2.06. The van der Waals surface area contributed by atoms with E-state index < -0.39 is 11.4 Å². The number of aromatic nitrogens is 1. The van der Waals surface area contributed by atoms with Gasteiger partial charge in [0, 0.05) is 6.20 Å². The van der Waals surface area contributed by atoms with Gasteiger partial charge in [0.25, 0.3) is 0 Å². The topological polar surface area (TPSA) is 74.0 Å². The van der Waals surface area contributed by atoms with Gasteiger partial charge in [0.15, 0.2) is 0 Å². The lowest BCUT2D eigenvalue weighted by molar-refractivity contribution is 0.0696. The van der Waals surface area contributed by atoms with E-state index in [-0.39, 0.29) is 10.7 Å². The van der Waals surface area contributed by atoms with Crippen molar-refractivity contribution in [1.82, 2.24) is 4.98 Å². The predicted molar refractivity (Wildman–Crippen MR) is 52.7 cm³/mol. The number of carboxylic acids is 1. The van der Waals surface area contributed by atoms with Crippen LogP contribution < -0.4 is 0 Å². The quantitative estimate of drug-likeness (QED) is 0.777. The van der Waals surface area contributed by atoms with E-state index in [1.807, 2.05) is 0 Å². The molecule has 0 aliphatic heterocycles. The van der Waals surface area contributed by atoms with Crippen molar-refractivity contribution >= 4 is 17.6 Å². The third kappa shape index (κ3) is 1.55. The zero-order chi connectivity index (χ0) is 11.1. The number of nitriles is 1. The van der Waals surface area contributed by atoms with E-state index in [2.05, 4.69) is 11.1 Å². The Morgan fingerprint density at radius 1 is 1.67 bits per heavy atom. The predicted octanol–water partition coefficient (Wildman–Crippen LogP) is 1.99. The van der Waals surface area contributed by atoms with Gasteiger partial charge in [-0.05, 0) is 24.5 Å². The van der Waals surface area contributed by atoms with E-state index in [1.165, 1.54) is 12.3 Å². The maximum absolute atomic E-state index is 10.8. The van der Waals surface area contributed by atoms with Crippen molar-refractivity contribution in [3.63, 3.8) is 0 Å². The van der Waals surface area contributed by atoms with Gasteiger partial charge < -0.3 is 5.11 Å². The van der Waals surface area contributed by atoms with Crippen molar-refractivity contribution in [2.75, 3.05) is 0 Å². The molecule has 1 fully saturated rings. The van der Waals surface area contributed by atoms with Gasteiger partial charge in [-0.25, -0.2) is 9.78 Å². The van der Waals surface area contributed by atoms with Crippen LogP contribution in [0.5, 0.6) is 0 Å². The molecule has 0 aromatic carbocycles. The number of halogens is 1. The maximum Gasteiger partial charge on any atom is 0.338 e. The van der Waals surface area contributed by atoms with E-state index in [9.17, 15) is 4.79 Å². The summed E-state index contributed by atoms with van der Waals surface area (Å²) >= 11 is 5.63. The van der Waals surface area contributed by atoms with Gasteiger partial charge in [-0.3, -0.25) is 0 Å². The van der Waals surface area contributed by atoms with E-state index in [1.54, 1.807) is 0 Å². The first-order valence-corrected chi connectivity index (χ1v) is 4.77. The minimum absolute atomic E-state index is 0.0417. The molecule has 1 aliphatic carbocycles.